The number of carbonyl (C=O) groups excluding carboxylic acids is 1. The summed E-state index contributed by atoms with van der Waals surface area (Å²) >= 11 is 0. The van der Waals surface area contributed by atoms with Crippen molar-refractivity contribution in [1.82, 2.24) is 14.9 Å². The molecule has 122 valence electrons. The monoisotopic (exact) mass is 323 g/mol. The first-order valence-electron chi connectivity index (χ1n) is 8.19. The van der Waals surface area contributed by atoms with E-state index in [-0.39, 0.29) is 17.8 Å². The van der Waals surface area contributed by atoms with E-state index < -0.39 is 0 Å². The highest BCUT2D eigenvalue weighted by Gasteiger charge is 2.29. The third kappa shape index (κ3) is 2.77. The smallest absolute Gasteiger partial charge is 0.254 e. The average Bonchev–Trinajstić information content (AvgIpc) is 3.24. The molecule has 1 atom stereocenters. The van der Waals surface area contributed by atoms with Crippen LogP contribution in [0.15, 0.2) is 48.8 Å². The van der Waals surface area contributed by atoms with Crippen LogP contribution in [-0.4, -0.2) is 33.4 Å². The molecule has 0 spiro atoms. The molecule has 1 fully saturated rings. The molecule has 2 heterocycles. The molecular weight excluding hydrogens is 305 g/mol. The van der Waals surface area contributed by atoms with Gasteiger partial charge in [-0.3, -0.25) is 4.79 Å². The van der Waals surface area contributed by atoms with Crippen LogP contribution >= 0.6 is 0 Å². The number of H-pyrrole nitrogens is 1. The highest BCUT2D eigenvalue weighted by molar-refractivity contribution is 5.97. The summed E-state index contributed by atoms with van der Waals surface area (Å²) in [5.41, 5.74) is 3.47. The fraction of sp³-hybridized carbons (Fsp3) is 0.263. The Hall–Kier alpha value is -2.69. The van der Waals surface area contributed by atoms with Crippen molar-refractivity contribution in [3.8, 4) is 0 Å². The number of rotatable bonds is 3. The molecule has 1 unspecified atom stereocenters. The van der Waals surface area contributed by atoms with Gasteiger partial charge in [0.05, 0.1) is 17.4 Å². The van der Waals surface area contributed by atoms with E-state index >= 15 is 0 Å². The fourth-order valence-electron chi connectivity index (χ4n) is 3.44. The lowest BCUT2D eigenvalue weighted by atomic mass is 10.0. The predicted octanol–water partition coefficient (Wildman–Crippen LogP) is 3.55. The highest BCUT2D eigenvalue weighted by Crippen LogP contribution is 2.24. The minimum Gasteiger partial charge on any atom is -0.345 e. The second-order valence-electron chi connectivity index (χ2n) is 6.26. The van der Waals surface area contributed by atoms with E-state index in [0.29, 0.717) is 5.56 Å². The number of carbonyl (C=O) groups is 1. The molecule has 0 saturated carbocycles. The SMILES string of the molecule is O=C(c1ccc2nc[nH]c2c1)N1CCCC1Cc1ccc(F)cc1. The van der Waals surface area contributed by atoms with Crippen LogP contribution < -0.4 is 0 Å². The molecule has 1 amide bonds. The number of aromatic nitrogens is 2. The second-order valence-corrected chi connectivity index (χ2v) is 6.26. The normalized spacial score (nSPS) is 17.5. The quantitative estimate of drug-likeness (QED) is 0.801. The van der Waals surface area contributed by atoms with Gasteiger partial charge in [0, 0.05) is 18.2 Å². The molecule has 1 N–H and O–H groups in total. The van der Waals surface area contributed by atoms with Crippen molar-refractivity contribution >= 4 is 16.9 Å². The molecule has 4 nitrogen and oxygen atoms in total. The zero-order valence-electron chi connectivity index (χ0n) is 13.2. The van der Waals surface area contributed by atoms with Crippen LogP contribution in [-0.2, 0) is 6.42 Å². The Kier molecular flexibility index (Phi) is 3.76. The van der Waals surface area contributed by atoms with E-state index in [1.54, 1.807) is 18.5 Å². The second kappa shape index (κ2) is 6.07. The lowest BCUT2D eigenvalue weighted by Gasteiger charge is -2.25. The lowest BCUT2D eigenvalue weighted by molar-refractivity contribution is 0.0736. The van der Waals surface area contributed by atoms with Gasteiger partial charge in [0.2, 0.25) is 0 Å². The van der Waals surface area contributed by atoms with E-state index in [1.807, 2.05) is 23.1 Å². The molecule has 0 bridgehead atoms. The van der Waals surface area contributed by atoms with Crippen LogP contribution in [0.2, 0.25) is 0 Å². The molecule has 0 aliphatic carbocycles. The van der Waals surface area contributed by atoms with Gasteiger partial charge in [0.1, 0.15) is 5.82 Å². The Morgan fingerprint density at radius 3 is 2.92 bits per heavy atom. The van der Waals surface area contributed by atoms with Crippen molar-refractivity contribution in [2.45, 2.75) is 25.3 Å². The van der Waals surface area contributed by atoms with Gasteiger partial charge in [-0.15, -0.1) is 0 Å². The molecule has 1 saturated heterocycles. The molecule has 2 aromatic carbocycles. The van der Waals surface area contributed by atoms with Crippen molar-refractivity contribution < 1.29 is 9.18 Å². The maximum absolute atomic E-state index is 13.1. The number of hydrogen-bond acceptors (Lipinski definition) is 2. The molecule has 5 heteroatoms. The highest BCUT2D eigenvalue weighted by atomic mass is 19.1. The van der Waals surface area contributed by atoms with Gasteiger partial charge < -0.3 is 9.88 Å². The number of imidazole rings is 1. The number of likely N-dealkylation sites (tertiary alicyclic amines) is 1. The van der Waals surface area contributed by atoms with E-state index in [0.717, 1.165) is 42.4 Å². The zero-order valence-corrected chi connectivity index (χ0v) is 13.2. The van der Waals surface area contributed by atoms with Crippen LogP contribution in [0.3, 0.4) is 0 Å². The molecule has 3 aromatic rings. The molecule has 1 aliphatic rings. The van der Waals surface area contributed by atoms with Crippen LogP contribution in [0.1, 0.15) is 28.8 Å². The fourth-order valence-corrected chi connectivity index (χ4v) is 3.44. The van der Waals surface area contributed by atoms with Gasteiger partial charge in [-0.05, 0) is 55.2 Å². The van der Waals surface area contributed by atoms with Gasteiger partial charge >= 0.3 is 0 Å². The number of fused-ring (bicyclic) bond motifs is 1. The van der Waals surface area contributed by atoms with Crippen molar-refractivity contribution in [3.63, 3.8) is 0 Å². The topological polar surface area (TPSA) is 49.0 Å². The molecule has 0 radical (unpaired) electrons. The van der Waals surface area contributed by atoms with Crippen LogP contribution in [0.25, 0.3) is 11.0 Å². The summed E-state index contributed by atoms with van der Waals surface area (Å²) in [6.45, 7) is 0.770. The summed E-state index contributed by atoms with van der Waals surface area (Å²) < 4.78 is 13.1. The maximum atomic E-state index is 13.1. The first-order chi connectivity index (χ1) is 11.7. The zero-order chi connectivity index (χ0) is 16.5. The Morgan fingerprint density at radius 2 is 2.08 bits per heavy atom. The summed E-state index contributed by atoms with van der Waals surface area (Å²) in [7, 11) is 0. The standard InChI is InChI=1S/C19H18FN3O/c20-15-6-3-13(4-7-15)10-16-2-1-9-23(16)19(24)14-5-8-17-18(11-14)22-12-21-17/h3-8,11-12,16H,1-2,9-10H2,(H,21,22). The van der Waals surface area contributed by atoms with Gasteiger partial charge in [0.15, 0.2) is 0 Å². The van der Waals surface area contributed by atoms with Crippen LogP contribution in [0.4, 0.5) is 4.39 Å². The number of amides is 1. The van der Waals surface area contributed by atoms with Crippen molar-refractivity contribution in [2.24, 2.45) is 0 Å². The summed E-state index contributed by atoms with van der Waals surface area (Å²) in [5.74, 6) is -0.179. The Morgan fingerprint density at radius 1 is 1.25 bits per heavy atom. The molecule has 1 aliphatic heterocycles. The Balaban J connectivity index is 1.54. The van der Waals surface area contributed by atoms with Crippen LogP contribution in [0.5, 0.6) is 0 Å². The Bertz CT molecular complexity index is 872. The Labute approximate surface area is 139 Å². The van der Waals surface area contributed by atoms with Gasteiger partial charge in [-0.25, -0.2) is 9.37 Å². The van der Waals surface area contributed by atoms with Crippen molar-refractivity contribution in [2.75, 3.05) is 6.54 Å². The summed E-state index contributed by atoms with van der Waals surface area (Å²) in [4.78, 5) is 22.1. The minimum atomic E-state index is -0.231. The van der Waals surface area contributed by atoms with E-state index in [1.165, 1.54) is 12.1 Å². The summed E-state index contributed by atoms with van der Waals surface area (Å²) in [6, 6.07) is 12.3. The minimum absolute atomic E-state index is 0.0520. The number of nitrogens with zero attached hydrogens (tertiary/aromatic N) is 2. The first kappa shape index (κ1) is 14.9. The largest absolute Gasteiger partial charge is 0.345 e. The lowest BCUT2D eigenvalue weighted by Crippen LogP contribution is -2.36. The molecule has 24 heavy (non-hydrogen) atoms. The van der Waals surface area contributed by atoms with Gasteiger partial charge in [0.25, 0.3) is 5.91 Å². The predicted molar refractivity (Wildman–Crippen MR) is 90.3 cm³/mol. The molecule has 1 aromatic heterocycles. The number of aromatic amines is 1. The maximum Gasteiger partial charge on any atom is 0.254 e. The molecular formula is C19H18FN3O. The van der Waals surface area contributed by atoms with E-state index in [4.69, 9.17) is 0 Å². The first-order valence-corrected chi connectivity index (χ1v) is 8.19. The third-order valence-corrected chi connectivity index (χ3v) is 4.69. The number of hydrogen-bond donors (Lipinski definition) is 1. The summed E-state index contributed by atoms with van der Waals surface area (Å²) in [5, 5.41) is 0. The van der Waals surface area contributed by atoms with Gasteiger partial charge in [-0.2, -0.15) is 0 Å². The van der Waals surface area contributed by atoms with Gasteiger partial charge in [-0.1, -0.05) is 12.1 Å². The number of nitrogens with one attached hydrogen (secondary N) is 1. The third-order valence-electron chi connectivity index (χ3n) is 4.69. The summed E-state index contributed by atoms with van der Waals surface area (Å²) in [6.07, 6.45) is 4.38. The number of benzene rings is 2. The van der Waals surface area contributed by atoms with Crippen molar-refractivity contribution in [3.05, 3.63) is 65.7 Å². The van der Waals surface area contributed by atoms with E-state index in [2.05, 4.69) is 9.97 Å². The molecule has 4 rings (SSSR count). The van der Waals surface area contributed by atoms with Crippen LogP contribution in [0, 0.1) is 5.82 Å². The van der Waals surface area contributed by atoms with E-state index in [9.17, 15) is 9.18 Å². The van der Waals surface area contributed by atoms with Crippen molar-refractivity contribution in [1.29, 1.82) is 0 Å². The average molecular weight is 323 g/mol. The number of halogens is 1.